The molecule has 0 aliphatic carbocycles. The number of rotatable bonds is 11. The number of aromatic nitrogens is 2. The summed E-state index contributed by atoms with van der Waals surface area (Å²) in [5.41, 5.74) is 2.77. The van der Waals surface area contributed by atoms with E-state index in [4.69, 9.17) is 9.47 Å². The first-order chi connectivity index (χ1) is 17.6. The molecule has 0 saturated heterocycles. The van der Waals surface area contributed by atoms with Crippen molar-refractivity contribution in [2.75, 3.05) is 31.4 Å². The monoisotopic (exact) mass is 500 g/mol. The van der Waals surface area contributed by atoms with Crippen LogP contribution in [-0.2, 0) is 11.2 Å². The van der Waals surface area contributed by atoms with E-state index in [0.717, 1.165) is 44.2 Å². The molecule has 3 aromatic carbocycles. The fraction of sp³-hybridized carbons (Fsp3) is 0.179. The van der Waals surface area contributed by atoms with Gasteiger partial charge in [0.05, 0.1) is 14.2 Å². The van der Waals surface area contributed by atoms with Gasteiger partial charge in [-0.1, -0.05) is 30.0 Å². The number of hydrogen-bond donors (Lipinski definition) is 2. The van der Waals surface area contributed by atoms with Crippen LogP contribution in [0.25, 0.3) is 0 Å². The highest BCUT2D eigenvalue weighted by Gasteiger charge is 2.06. The summed E-state index contributed by atoms with van der Waals surface area (Å²) in [4.78, 5) is 22.4. The number of anilines is 2. The van der Waals surface area contributed by atoms with Crippen LogP contribution >= 0.6 is 11.8 Å². The Morgan fingerprint density at radius 2 is 1.64 bits per heavy atom. The van der Waals surface area contributed by atoms with Gasteiger partial charge in [0.2, 0.25) is 5.91 Å². The predicted molar refractivity (Wildman–Crippen MR) is 143 cm³/mol. The van der Waals surface area contributed by atoms with E-state index in [2.05, 4.69) is 20.6 Å². The van der Waals surface area contributed by atoms with E-state index in [-0.39, 0.29) is 5.91 Å². The van der Waals surface area contributed by atoms with E-state index < -0.39 is 0 Å². The number of hydrogen-bond acceptors (Lipinski definition) is 7. The van der Waals surface area contributed by atoms with Crippen molar-refractivity contribution in [3.05, 3.63) is 96.4 Å². The SMILES string of the molecule is COc1cccc(Cc2nccc(Sc3ccc(NC(=O)CCNc4cccc(OC)c4)cc3)n2)c1. The summed E-state index contributed by atoms with van der Waals surface area (Å²) in [5.74, 6) is 2.29. The van der Waals surface area contributed by atoms with Crippen molar-refractivity contribution < 1.29 is 14.3 Å². The number of methoxy groups -OCH3 is 2. The minimum absolute atomic E-state index is 0.0521. The molecule has 0 spiro atoms. The van der Waals surface area contributed by atoms with Crippen LogP contribution in [0.15, 0.2) is 95.0 Å². The van der Waals surface area contributed by atoms with Crippen molar-refractivity contribution in [2.24, 2.45) is 0 Å². The van der Waals surface area contributed by atoms with E-state index in [1.807, 2.05) is 78.9 Å². The quantitative estimate of drug-likeness (QED) is 0.256. The Morgan fingerprint density at radius 3 is 2.42 bits per heavy atom. The van der Waals surface area contributed by atoms with Crippen LogP contribution in [0.2, 0.25) is 0 Å². The van der Waals surface area contributed by atoms with Gasteiger partial charge >= 0.3 is 0 Å². The van der Waals surface area contributed by atoms with Gasteiger partial charge in [-0.25, -0.2) is 9.97 Å². The molecule has 0 aliphatic heterocycles. The average molecular weight is 501 g/mol. The lowest BCUT2D eigenvalue weighted by atomic mass is 10.1. The van der Waals surface area contributed by atoms with Gasteiger partial charge in [0, 0.05) is 47.9 Å². The van der Waals surface area contributed by atoms with Crippen LogP contribution in [0.3, 0.4) is 0 Å². The van der Waals surface area contributed by atoms with Gasteiger partial charge in [0.25, 0.3) is 0 Å². The summed E-state index contributed by atoms with van der Waals surface area (Å²) in [5, 5.41) is 7.04. The number of nitrogens with one attached hydrogen (secondary N) is 2. The van der Waals surface area contributed by atoms with Crippen molar-refractivity contribution >= 4 is 29.0 Å². The van der Waals surface area contributed by atoms with Gasteiger partial charge in [-0.15, -0.1) is 0 Å². The highest BCUT2D eigenvalue weighted by molar-refractivity contribution is 7.99. The molecular formula is C28H28N4O3S. The van der Waals surface area contributed by atoms with Gasteiger partial charge in [0.1, 0.15) is 22.3 Å². The highest BCUT2D eigenvalue weighted by Crippen LogP contribution is 2.27. The second kappa shape index (κ2) is 12.6. The minimum atomic E-state index is -0.0521. The largest absolute Gasteiger partial charge is 0.497 e. The number of carbonyl (C=O) groups is 1. The molecular weight excluding hydrogens is 472 g/mol. The van der Waals surface area contributed by atoms with Gasteiger partial charge < -0.3 is 20.1 Å². The molecule has 1 aromatic heterocycles. The van der Waals surface area contributed by atoms with Crippen LogP contribution in [0, 0.1) is 0 Å². The normalized spacial score (nSPS) is 10.5. The number of ether oxygens (including phenoxy) is 2. The predicted octanol–water partition coefficient (Wildman–Crippen LogP) is 5.68. The lowest BCUT2D eigenvalue weighted by Gasteiger charge is -2.09. The molecule has 1 heterocycles. The fourth-order valence-electron chi connectivity index (χ4n) is 3.49. The smallest absolute Gasteiger partial charge is 0.226 e. The zero-order valence-corrected chi connectivity index (χ0v) is 21.0. The summed E-state index contributed by atoms with van der Waals surface area (Å²) in [6.45, 7) is 0.527. The van der Waals surface area contributed by atoms with E-state index in [9.17, 15) is 4.79 Å². The molecule has 0 saturated carbocycles. The Bertz CT molecular complexity index is 1300. The van der Waals surface area contributed by atoms with Crippen molar-refractivity contribution in [2.45, 2.75) is 22.8 Å². The standard InChI is InChI=1S/C28H28N4O3S/c1-34-23-7-3-5-20(17-23)18-26-30-16-14-28(32-26)36-25-11-9-21(10-12-25)31-27(33)13-15-29-22-6-4-8-24(19-22)35-2/h3-12,14,16-17,19,29H,13,15,18H2,1-2H3,(H,31,33). The molecule has 2 N–H and O–H groups in total. The van der Waals surface area contributed by atoms with Crippen molar-refractivity contribution in [3.63, 3.8) is 0 Å². The maximum absolute atomic E-state index is 12.3. The third kappa shape index (κ3) is 7.48. The van der Waals surface area contributed by atoms with Gasteiger partial charge in [-0.3, -0.25) is 4.79 Å². The van der Waals surface area contributed by atoms with Crippen LogP contribution in [-0.4, -0.2) is 36.6 Å². The fourth-order valence-corrected chi connectivity index (χ4v) is 4.28. The minimum Gasteiger partial charge on any atom is -0.497 e. The molecule has 0 bridgehead atoms. The molecule has 4 aromatic rings. The Balaban J connectivity index is 1.27. The average Bonchev–Trinajstić information content (AvgIpc) is 2.90. The van der Waals surface area contributed by atoms with E-state index in [1.165, 1.54) is 0 Å². The molecule has 0 unspecified atom stereocenters. The summed E-state index contributed by atoms with van der Waals surface area (Å²) in [6.07, 6.45) is 2.76. The highest BCUT2D eigenvalue weighted by atomic mass is 32.2. The number of benzene rings is 3. The molecule has 0 aliphatic rings. The topological polar surface area (TPSA) is 85.4 Å². The molecule has 7 nitrogen and oxygen atoms in total. The van der Waals surface area contributed by atoms with E-state index in [1.54, 1.807) is 32.2 Å². The molecule has 36 heavy (non-hydrogen) atoms. The lowest BCUT2D eigenvalue weighted by molar-refractivity contribution is -0.115. The Kier molecular flexibility index (Phi) is 8.77. The van der Waals surface area contributed by atoms with E-state index >= 15 is 0 Å². The number of carbonyl (C=O) groups excluding carboxylic acids is 1. The second-order valence-corrected chi connectivity index (χ2v) is 9.02. The first-order valence-electron chi connectivity index (χ1n) is 11.5. The van der Waals surface area contributed by atoms with Gasteiger partial charge in [0.15, 0.2) is 0 Å². The summed E-state index contributed by atoms with van der Waals surface area (Å²) in [6, 6.07) is 25.2. The van der Waals surface area contributed by atoms with Crippen molar-refractivity contribution in [1.29, 1.82) is 0 Å². The summed E-state index contributed by atoms with van der Waals surface area (Å²) < 4.78 is 10.5. The third-order valence-electron chi connectivity index (χ3n) is 5.29. The zero-order chi connectivity index (χ0) is 25.2. The first kappa shape index (κ1) is 25.1. The molecule has 0 fully saturated rings. The number of nitrogens with zero attached hydrogens (tertiary/aromatic N) is 2. The molecule has 0 radical (unpaired) electrons. The zero-order valence-electron chi connectivity index (χ0n) is 20.2. The molecule has 8 heteroatoms. The van der Waals surface area contributed by atoms with Crippen LogP contribution < -0.4 is 20.1 Å². The lowest BCUT2D eigenvalue weighted by Crippen LogP contribution is -2.16. The summed E-state index contributed by atoms with van der Waals surface area (Å²) >= 11 is 1.55. The maximum Gasteiger partial charge on any atom is 0.226 e. The first-order valence-corrected chi connectivity index (χ1v) is 12.3. The Morgan fingerprint density at radius 1 is 0.889 bits per heavy atom. The van der Waals surface area contributed by atoms with Crippen molar-refractivity contribution in [1.82, 2.24) is 9.97 Å². The third-order valence-corrected chi connectivity index (χ3v) is 6.23. The van der Waals surface area contributed by atoms with Crippen LogP contribution in [0.5, 0.6) is 11.5 Å². The van der Waals surface area contributed by atoms with Gasteiger partial charge in [-0.2, -0.15) is 0 Å². The van der Waals surface area contributed by atoms with E-state index in [0.29, 0.717) is 19.4 Å². The molecule has 1 amide bonds. The second-order valence-electron chi connectivity index (χ2n) is 7.92. The van der Waals surface area contributed by atoms with Crippen LogP contribution in [0.1, 0.15) is 17.8 Å². The molecule has 184 valence electrons. The Hall–Kier alpha value is -4.04. The van der Waals surface area contributed by atoms with Gasteiger partial charge in [-0.05, 0) is 60.2 Å². The van der Waals surface area contributed by atoms with Crippen molar-refractivity contribution in [3.8, 4) is 11.5 Å². The number of amides is 1. The van der Waals surface area contributed by atoms with Crippen LogP contribution in [0.4, 0.5) is 11.4 Å². The molecule has 0 atom stereocenters. The molecule has 4 rings (SSSR count). The Labute approximate surface area is 215 Å². The summed E-state index contributed by atoms with van der Waals surface area (Å²) in [7, 11) is 3.29. The maximum atomic E-state index is 12.3.